The zero-order valence-corrected chi connectivity index (χ0v) is 30.1. The van der Waals surface area contributed by atoms with Crippen LogP contribution in [0.4, 0.5) is 17.1 Å². The number of anilines is 3. The smallest absolute Gasteiger partial charge is 0.227 e. The molecule has 0 radical (unpaired) electrons. The van der Waals surface area contributed by atoms with E-state index in [0.29, 0.717) is 5.89 Å². The van der Waals surface area contributed by atoms with Crippen molar-refractivity contribution in [3.8, 4) is 17.1 Å². The average Bonchev–Trinajstić information content (AvgIpc) is 3.96. The molecule has 9 aromatic carbocycles. The fraction of sp³-hybridized carbons (Fsp3) is 0. The Bertz CT molecular complexity index is 3490. The Morgan fingerprint density at radius 1 is 0.429 bits per heavy atom. The van der Waals surface area contributed by atoms with Gasteiger partial charge in [0.15, 0.2) is 5.58 Å². The van der Waals surface area contributed by atoms with Crippen molar-refractivity contribution in [1.29, 1.82) is 0 Å². The van der Waals surface area contributed by atoms with Gasteiger partial charge in [-0.25, -0.2) is 4.98 Å². The molecule has 0 spiro atoms. The molecule has 0 saturated heterocycles. The quantitative estimate of drug-likeness (QED) is 0.166. The number of aromatic nitrogens is 2. The predicted molar refractivity (Wildman–Crippen MR) is 231 cm³/mol. The van der Waals surface area contributed by atoms with Gasteiger partial charge in [0.1, 0.15) is 16.7 Å². The molecule has 0 bridgehead atoms. The summed E-state index contributed by atoms with van der Waals surface area (Å²) in [4.78, 5) is 7.30. The van der Waals surface area contributed by atoms with Crippen molar-refractivity contribution in [2.24, 2.45) is 0 Å². The zero-order chi connectivity index (χ0) is 36.7. The Morgan fingerprint density at radius 3 is 1.89 bits per heavy atom. The van der Waals surface area contributed by atoms with Gasteiger partial charge in [-0.3, -0.25) is 0 Å². The standard InChI is InChI=1S/C51H31N3O2/c1-3-11-34(12-4-1)51-52-44-26-22-33-20-19-32-21-23-36(29-41(32)49(33)50(44)56-51)53(38-25-28-48-43(31-38)40-16-8-10-18-47(40)55-48)37-24-27-46-42(30-37)39-15-7-9-17-45(39)54(46)35-13-5-2-6-14-35/h1-31H. The van der Waals surface area contributed by atoms with Crippen LogP contribution in [0.2, 0.25) is 0 Å². The molecule has 0 unspecified atom stereocenters. The minimum atomic E-state index is 0.617. The van der Waals surface area contributed by atoms with E-state index in [1.807, 2.05) is 42.5 Å². The predicted octanol–water partition coefficient (Wildman–Crippen LogP) is 14.3. The Labute approximate surface area is 320 Å². The summed E-state index contributed by atoms with van der Waals surface area (Å²) in [6.45, 7) is 0. The van der Waals surface area contributed by atoms with E-state index in [4.69, 9.17) is 13.8 Å². The van der Waals surface area contributed by atoms with E-state index >= 15 is 0 Å². The van der Waals surface area contributed by atoms with Crippen LogP contribution in [-0.2, 0) is 0 Å². The van der Waals surface area contributed by atoms with E-state index in [-0.39, 0.29) is 0 Å². The second-order valence-electron chi connectivity index (χ2n) is 14.4. The SMILES string of the molecule is c1ccc(-c2nc3ccc4ccc5ccc(N(c6ccc7oc8ccccc8c7c6)c6ccc7c(c6)c6ccccc6n7-c6ccccc6)cc5c4c3o2)cc1. The lowest BCUT2D eigenvalue weighted by atomic mass is 10.00. The number of nitrogens with zero attached hydrogens (tertiary/aromatic N) is 3. The highest BCUT2D eigenvalue weighted by atomic mass is 16.3. The van der Waals surface area contributed by atoms with E-state index in [1.54, 1.807) is 0 Å². The second kappa shape index (κ2) is 11.9. The van der Waals surface area contributed by atoms with Gasteiger partial charge in [0, 0.05) is 55.2 Å². The fourth-order valence-electron chi connectivity index (χ4n) is 8.61. The molecule has 12 aromatic rings. The van der Waals surface area contributed by atoms with Gasteiger partial charge in [-0.05, 0) is 107 Å². The molecule has 0 atom stereocenters. The van der Waals surface area contributed by atoms with Crippen molar-refractivity contribution >= 4 is 93.5 Å². The summed E-state index contributed by atoms with van der Waals surface area (Å²) in [6.07, 6.45) is 0. The molecule has 3 heterocycles. The molecule has 56 heavy (non-hydrogen) atoms. The minimum absolute atomic E-state index is 0.617. The number of hydrogen-bond donors (Lipinski definition) is 0. The Morgan fingerprint density at radius 2 is 1.04 bits per heavy atom. The number of benzene rings is 9. The van der Waals surface area contributed by atoms with Gasteiger partial charge >= 0.3 is 0 Å². The number of hydrogen-bond acceptors (Lipinski definition) is 4. The number of oxazole rings is 1. The van der Waals surface area contributed by atoms with Crippen molar-refractivity contribution in [2.45, 2.75) is 0 Å². The van der Waals surface area contributed by atoms with Crippen LogP contribution in [0.3, 0.4) is 0 Å². The van der Waals surface area contributed by atoms with Crippen molar-refractivity contribution in [2.75, 3.05) is 4.90 Å². The first kappa shape index (κ1) is 30.8. The molecule has 0 aliphatic carbocycles. The minimum Gasteiger partial charge on any atom is -0.456 e. The monoisotopic (exact) mass is 717 g/mol. The summed E-state index contributed by atoms with van der Waals surface area (Å²) >= 11 is 0. The lowest BCUT2D eigenvalue weighted by molar-refractivity contribution is 0.623. The van der Waals surface area contributed by atoms with Gasteiger partial charge < -0.3 is 18.3 Å². The Balaban J connectivity index is 1.12. The molecule has 0 amide bonds. The van der Waals surface area contributed by atoms with Crippen LogP contribution in [-0.4, -0.2) is 9.55 Å². The van der Waals surface area contributed by atoms with E-state index in [0.717, 1.165) is 88.4 Å². The van der Waals surface area contributed by atoms with Crippen LogP contribution in [0.25, 0.3) is 93.5 Å². The highest BCUT2D eigenvalue weighted by Crippen LogP contribution is 2.44. The van der Waals surface area contributed by atoms with E-state index in [9.17, 15) is 0 Å². The van der Waals surface area contributed by atoms with Gasteiger partial charge in [-0.15, -0.1) is 0 Å². The third-order valence-corrected chi connectivity index (χ3v) is 11.2. The van der Waals surface area contributed by atoms with Crippen LogP contribution >= 0.6 is 0 Å². The van der Waals surface area contributed by atoms with E-state index < -0.39 is 0 Å². The number of rotatable bonds is 5. The maximum absolute atomic E-state index is 6.62. The largest absolute Gasteiger partial charge is 0.456 e. The summed E-state index contributed by atoms with van der Waals surface area (Å²) in [5.74, 6) is 0.617. The molecular weight excluding hydrogens is 687 g/mol. The van der Waals surface area contributed by atoms with Crippen LogP contribution in [0, 0.1) is 0 Å². The number of para-hydroxylation sites is 3. The first-order valence-electron chi connectivity index (χ1n) is 18.9. The first-order chi connectivity index (χ1) is 27.7. The summed E-state index contributed by atoms with van der Waals surface area (Å²) in [6, 6.07) is 66.3. The molecule has 0 aliphatic heterocycles. The lowest BCUT2D eigenvalue weighted by Gasteiger charge is -2.26. The second-order valence-corrected chi connectivity index (χ2v) is 14.4. The van der Waals surface area contributed by atoms with E-state index in [2.05, 4.69) is 155 Å². The molecule has 3 aromatic heterocycles. The normalized spacial score (nSPS) is 11.9. The van der Waals surface area contributed by atoms with Gasteiger partial charge in [0.25, 0.3) is 0 Å². The maximum Gasteiger partial charge on any atom is 0.227 e. The van der Waals surface area contributed by atoms with Gasteiger partial charge in [0.2, 0.25) is 5.89 Å². The number of fused-ring (bicyclic) bond motifs is 11. The zero-order valence-electron chi connectivity index (χ0n) is 30.1. The van der Waals surface area contributed by atoms with Gasteiger partial charge in [-0.1, -0.05) is 97.1 Å². The molecule has 0 aliphatic rings. The Hall–Kier alpha value is -7.63. The molecule has 262 valence electrons. The van der Waals surface area contributed by atoms with Gasteiger partial charge in [-0.2, -0.15) is 0 Å². The van der Waals surface area contributed by atoms with Crippen LogP contribution in [0.1, 0.15) is 0 Å². The highest BCUT2D eigenvalue weighted by molar-refractivity contribution is 6.19. The first-order valence-corrected chi connectivity index (χ1v) is 18.9. The molecule has 0 saturated carbocycles. The van der Waals surface area contributed by atoms with Crippen LogP contribution in [0.5, 0.6) is 0 Å². The van der Waals surface area contributed by atoms with Crippen molar-refractivity contribution in [3.05, 3.63) is 188 Å². The summed E-state index contributed by atoms with van der Waals surface area (Å²) in [5.41, 5.74) is 10.9. The Kier molecular flexibility index (Phi) is 6.56. The average molecular weight is 718 g/mol. The van der Waals surface area contributed by atoms with Crippen LogP contribution < -0.4 is 4.90 Å². The topological polar surface area (TPSA) is 47.3 Å². The summed E-state index contributed by atoms with van der Waals surface area (Å²) in [5, 5.41) is 8.94. The summed E-state index contributed by atoms with van der Waals surface area (Å²) in [7, 11) is 0. The summed E-state index contributed by atoms with van der Waals surface area (Å²) < 4.78 is 15.3. The third-order valence-electron chi connectivity index (χ3n) is 11.2. The van der Waals surface area contributed by atoms with Gasteiger partial charge in [0.05, 0.1) is 11.0 Å². The van der Waals surface area contributed by atoms with Crippen molar-refractivity contribution < 1.29 is 8.83 Å². The molecule has 5 nitrogen and oxygen atoms in total. The lowest BCUT2D eigenvalue weighted by Crippen LogP contribution is -2.10. The highest BCUT2D eigenvalue weighted by Gasteiger charge is 2.20. The molecular formula is C51H31N3O2. The molecule has 0 fully saturated rings. The maximum atomic E-state index is 6.62. The number of furan rings is 1. The molecule has 5 heteroatoms. The molecule has 12 rings (SSSR count). The third kappa shape index (κ3) is 4.64. The molecule has 0 N–H and O–H groups in total. The van der Waals surface area contributed by atoms with Crippen LogP contribution in [0.15, 0.2) is 197 Å². The fourth-order valence-corrected chi connectivity index (χ4v) is 8.61. The van der Waals surface area contributed by atoms with E-state index in [1.165, 1.54) is 16.3 Å². The van der Waals surface area contributed by atoms with Crippen molar-refractivity contribution in [3.63, 3.8) is 0 Å². The van der Waals surface area contributed by atoms with Crippen molar-refractivity contribution in [1.82, 2.24) is 9.55 Å².